The van der Waals surface area contributed by atoms with Crippen LogP contribution in [0.25, 0.3) is 33.7 Å². The van der Waals surface area contributed by atoms with Gasteiger partial charge in [-0.2, -0.15) is 11.1 Å². The average Bonchev–Trinajstić information content (AvgIpc) is 1.58. The maximum absolute atomic E-state index is 6.86. The van der Waals surface area contributed by atoms with Gasteiger partial charge in [-0.15, -0.1) is 0 Å². The molecular weight excluding hydrogens is 1210 g/mol. The first-order valence-corrected chi connectivity index (χ1v) is 60.4. The first kappa shape index (κ1) is 77.5. The molecule has 0 aliphatic heterocycles. The van der Waals surface area contributed by atoms with Gasteiger partial charge in [-0.1, -0.05) is 316 Å². The second kappa shape index (κ2) is 32.6. The molecule has 0 N–H and O–H groups in total. The minimum atomic E-state index is -1.63. The Bertz CT molecular complexity index is 3190. The van der Waals surface area contributed by atoms with Gasteiger partial charge in [0.2, 0.25) is 0 Å². The smallest absolute Gasteiger partial charge is 0.171 e. The molecule has 4 aromatic rings. The van der Waals surface area contributed by atoms with Gasteiger partial charge in [0.25, 0.3) is 0 Å². The summed E-state index contributed by atoms with van der Waals surface area (Å²) in [5.74, 6) is 10.4. The third kappa shape index (κ3) is 15.8. The van der Waals surface area contributed by atoms with Crippen LogP contribution in [0.4, 0.5) is 0 Å². The van der Waals surface area contributed by atoms with E-state index in [9.17, 15) is 0 Å². The predicted molar refractivity (Wildman–Crippen MR) is 413 cm³/mol. The summed E-state index contributed by atoms with van der Waals surface area (Å²) in [6, 6.07) is 26.9. The standard InChI is InChI=1S/C26H50Si2.C26H34Si2.C17H21ClSi2.C13H22.3Li/c2*1-6-7-10-20-13-15-22(19-20)27(2,3)28(4,5)26-18-17-24-23-12-9-8-11-21(23)14-16-25(24)26;1-19(2,20(3,4)18)17-12-11-15-14-8-6-5-7-13(14)9-10-16(15)17;1-2-6-12-10(4-1)8-9-11-5-3-7-13(11)12;;;/h20-26H,6-19H2,1-5H3;8-9,11-19,22,26H,6-7,10H2,1-5H3;5-12,17H,1-4H3;10-13H,1-9H2;;;/q;;;;3*+1. The summed E-state index contributed by atoms with van der Waals surface area (Å²) in [5.41, 5.74) is 11.9. The molecule has 486 valence electrons. The third-order valence-corrected chi connectivity index (χ3v) is 89.1. The molecule has 4 aromatic carbocycles. The van der Waals surface area contributed by atoms with Gasteiger partial charge in [0.1, 0.15) is 6.90 Å². The van der Waals surface area contributed by atoms with Gasteiger partial charge in [0.15, 0.2) is 0 Å². The zero-order valence-corrected chi connectivity index (χ0v) is 69.1. The van der Waals surface area contributed by atoms with Gasteiger partial charge in [-0.25, -0.2) is 0 Å². The van der Waals surface area contributed by atoms with Crippen molar-refractivity contribution in [3.05, 3.63) is 131 Å². The molecule has 0 nitrogen and oxygen atoms in total. The molecule has 14 atom stereocenters. The molecule has 10 heteroatoms. The third-order valence-electron chi connectivity index (χ3n) is 29.4. The van der Waals surface area contributed by atoms with E-state index in [0.717, 1.165) is 35.5 Å². The van der Waals surface area contributed by atoms with Crippen LogP contribution in [0.15, 0.2) is 109 Å². The van der Waals surface area contributed by atoms with E-state index in [0.29, 0.717) is 16.6 Å². The molecule has 7 saturated carbocycles. The van der Waals surface area contributed by atoms with Crippen molar-refractivity contribution in [3.63, 3.8) is 0 Å². The van der Waals surface area contributed by atoms with Crippen molar-refractivity contribution in [3.8, 4) is 0 Å². The van der Waals surface area contributed by atoms with Gasteiger partial charge in [0.05, 0.1) is 22.8 Å². The second-order valence-electron chi connectivity index (χ2n) is 35.0. The second-order valence-corrected chi connectivity index (χ2v) is 85.5. The average molecular weight is 1340 g/mol. The van der Waals surface area contributed by atoms with Crippen LogP contribution in [0.3, 0.4) is 0 Å². The Kier molecular flexibility index (Phi) is 27.4. The molecule has 14 rings (SSSR count). The summed E-state index contributed by atoms with van der Waals surface area (Å²) in [4.78, 5) is 0. The summed E-state index contributed by atoms with van der Waals surface area (Å²) in [6.07, 6.45) is 57.4. The van der Waals surface area contributed by atoms with Crippen molar-refractivity contribution in [2.24, 2.45) is 53.3 Å². The summed E-state index contributed by atoms with van der Waals surface area (Å²) in [7, 11) is -6.73. The number of benzene rings is 4. The van der Waals surface area contributed by atoms with Gasteiger partial charge < -0.3 is 0 Å². The van der Waals surface area contributed by atoms with E-state index in [1.54, 1.807) is 140 Å². The largest absolute Gasteiger partial charge is 1.00 e. The van der Waals surface area contributed by atoms with E-state index in [1.807, 2.05) is 0 Å². The van der Waals surface area contributed by atoms with Gasteiger partial charge in [-0.05, 0) is 189 Å². The van der Waals surface area contributed by atoms with Crippen LogP contribution in [-0.2, 0) is 0 Å². The Hall–Kier alpha value is -0.256. The van der Waals surface area contributed by atoms with Crippen molar-refractivity contribution < 1.29 is 56.6 Å². The number of rotatable bonds is 14. The molecule has 10 aliphatic rings. The maximum atomic E-state index is 6.86. The molecule has 0 amide bonds. The van der Waals surface area contributed by atoms with Crippen LogP contribution in [-0.4, -0.2) is 44.9 Å². The summed E-state index contributed by atoms with van der Waals surface area (Å²) >= 11 is 6.86. The fraction of sp³-hybridized carbons (Fsp3) is 0.659. The Labute approximate surface area is 611 Å². The first-order chi connectivity index (χ1) is 42.5. The number of hydrogen-bond acceptors (Lipinski definition) is 0. The van der Waals surface area contributed by atoms with Gasteiger partial charge in [0, 0.05) is 15.2 Å². The van der Waals surface area contributed by atoms with Crippen LogP contribution in [0.1, 0.15) is 214 Å². The number of hydrogen-bond donors (Lipinski definition) is 0. The van der Waals surface area contributed by atoms with Crippen molar-refractivity contribution in [2.75, 3.05) is 0 Å². The first-order valence-electron chi connectivity index (χ1n) is 38.0. The zero-order chi connectivity index (χ0) is 63.1. The molecule has 7 fully saturated rings. The minimum absolute atomic E-state index is 0. The zero-order valence-electron chi connectivity index (χ0n) is 62.3. The Morgan fingerprint density at radius 3 is 1.46 bits per heavy atom. The van der Waals surface area contributed by atoms with Gasteiger partial charge in [-0.3, -0.25) is 0 Å². The minimum Gasteiger partial charge on any atom is -0.171 e. The summed E-state index contributed by atoms with van der Waals surface area (Å²) < 4.78 is 0. The fourth-order valence-corrected chi connectivity index (χ4v) is 52.9. The van der Waals surface area contributed by atoms with Crippen LogP contribution >= 0.6 is 11.1 Å². The molecule has 0 saturated heterocycles. The number of unbranched alkanes of at least 4 members (excludes halogenated alkanes) is 2. The quantitative estimate of drug-likeness (QED) is 0.0872. The maximum Gasteiger partial charge on any atom is 1.00 e. The van der Waals surface area contributed by atoms with E-state index in [2.05, 4.69) is 208 Å². The molecule has 14 unspecified atom stereocenters. The van der Waals surface area contributed by atoms with E-state index in [1.165, 1.54) is 106 Å². The normalized spacial score (nSPS) is 30.3. The van der Waals surface area contributed by atoms with Crippen molar-refractivity contribution in [1.29, 1.82) is 0 Å². The monoisotopic (exact) mass is 1340 g/mol. The number of allylic oxidation sites excluding steroid dienone is 6. The molecule has 0 spiro atoms. The molecule has 0 radical (unpaired) electrons. The predicted octanol–water partition coefficient (Wildman–Crippen LogP) is 17.6. The topological polar surface area (TPSA) is 0 Å². The van der Waals surface area contributed by atoms with Crippen molar-refractivity contribution >= 4 is 89.6 Å². The van der Waals surface area contributed by atoms with Crippen molar-refractivity contribution in [1.82, 2.24) is 0 Å². The molecule has 0 heterocycles. The molecule has 0 aromatic heterocycles. The van der Waals surface area contributed by atoms with E-state index >= 15 is 0 Å². The Morgan fingerprint density at radius 2 is 0.902 bits per heavy atom. The van der Waals surface area contributed by atoms with Gasteiger partial charge >= 0.3 is 56.6 Å². The van der Waals surface area contributed by atoms with E-state index in [-0.39, 0.29) is 56.6 Å². The van der Waals surface area contributed by atoms with E-state index in [4.69, 9.17) is 11.1 Å². The summed E-state index contributed by atoms with van der Waals surface area (Å²) in [5, 5.41) is 5.50. The van der Waals surface area contributed by atoms with Crippen molar-refractivity contribution in [2.45, 2.75) is 287 Å². The molecule has 92 heavy (non-hydrogen) atoms. The number of halogens is 1. The van der Waals surface area contributed by atoms with E-state index < -0.39 is 44.9 Å². The molecule has 0 bridgehead atoms. The SMILES string of the molecule is C1CCC2C(C1)CCC1CCCC12.CCCCC1=CC([Si](C)(C)[Si](C)(C)C2C=Cc3c2ccc2ccccc32)C=C1.CCCCC1CCC([Si](C)(C)[Si](C)(C)C2CCC3C4CCCCC4CCC32)C1.C[Si](C)(Cl)[Si](C)(C)C1C=Cc2c1ccc1ccccc21.[Li+].[Li+].[Li+]. The van der Waals surface area contributed by atoms with Crippen LogP contribution in [0, 0.1) is 53.3 Å². The van der Waals surface area contributed by atoms with Crippen LogP contribution < -0.4 is 56.6 Å². The molecule has 10 aliphatic carbocycles. The van der Waals surface area contributed by atoms with Crippen LogP contribution in [0.2, 0.25) is 95.2 Å². The molecular formula is C82H127ClLi3Si6+3. The Morgan fingerprint density at radius 1 is 0.413 bits per heavy atom. The fourth-order valence-electron chi connectivity index (χ4n) is 21.7. The number of fused-ring (bicyclic) bond motifs is 12. The van der Waals surface area contributed by atoms with Crippen LogP contribution in [0.5, 0.6) is 0 Å². The Balaban J connectivity index is 0.000000161. The summed E-state index contributed by atoms with van der Waals surface area (Å²) in [6.45, 7) is 34.8.